The van der Waals surface area contributed by atoms with E-state index in [1.54, 1.807) is 6.08 Å². The summed E-state index contributed by atoms with van der Waals surface area (Å²) in [6, 6.07) is 5.98. The number of rotatable bonds is 3. The molecule has 13 heavy (non-hydrogen) atoms. The van der Waals surface area contributed by atoms with Gasteiger partial charge in [-0.3, -0.25) is 0 Å². The van der Waals surface area contributed by atoms with Gasteiger partial charge in [-0.25, -0.2) is 0 Å². The molecule has 1 aromatic rings. The summed E-state index contributed by atoms with van der Waals surface area (Å²) in [5.41, 5.74) is 2.19. The molecule has 0 heterocycles. The topological polar surface area (TPSA) is 20.2 Å². The van der Waals surface area contributed by atoms with Crippen molar-refractivity contribution < 1.29 is 5.11 Å². The maximum absolute atomic E-state index is 9.03. The van der Waals surface area contributed by atoms with E-state index in [9.17, 15) is 0 Å². The summed E-state index contributed by atoms with van der Waals surface area (Å²) in [6.45, 7) is 5.88. The Morgan fingerprint density at radius 1 is 1.62 bits per heavy atom. The van der Waals surface area contributed by atoms with Gasteiger partial charge in [0, 0.05) is 17.0 Å². The molecule has 0 saturated carbocycles. The predicted octanol–water partition coefficient (Wildman–Crippen LogP) is 3.19. The van der Waals surface area contributed by atoms with E-state index >= 15 is 0 Å². The fourth-order valence-electron chi connectivity index (χ4n) is 1.21. The Hall–Kier alpha value is -0.600. The van der Waals surface area contributed by atoms with Crippen LogP contribution in [0, 0.1) is 0 Å². The molecule has 0 aliphatic carbocycles. The van der Waals surface area contributed by atoms with Crippen LogP contribution in [0.2, 0.25) is 0 Å². The molecule has 0 aromatic heterocycles. The van der Waals surface area contributed by atoms with Crippen LogP contribution >= 0.6 is 15.9 Å². The molecule has 0 aliphatic heterocycles. The highest BCUT2D eigenvalue weighted by atomic mass is 79.9. The standard InChI is InChI=1S/C11H13BrO/c1-3-9-5-4-6-10(11(9)12)8(2)7-13/h3-6,8,13H,1,7H2,2H3. The average Bonchev–Trinajstić information content (AvgIpc) is 2.17. The fourth-order valence-corrected chi connectivity index (χ4v) is 2.02. The summed E-state index contributed by atoms with van der Waals surface area (Å²) >= 11 is 3.50. The summed E-state index contributed by atoms with van der Waals surface area (Å²) in [6.07, 6.45) is 1.80. The van der Waals surface area contributed by atoms with Crippen molar-refractivity contribution in [2.75, 3.05) is 6.61 Å². The van der Waals surface area contributed by atoms with Gasteiger partial charge in [-0.05, 0) is 27.1 Å². The molecule has 1 N–H and O–H groups in total. The highest BCUT2D eigenvalue weighted by Gasteiger charge is 2.09. The van der Waals surface area contributed by atoms with Crippen molar-refractivity contribution in [3.63, 3.8) is 0 Å². The maximum atomic E-state index is 9.03. The molecule has 1 aromatic carbocycles. The van der Waals surface area contributed by atoms with Crippen LogP contribution in [0.5, 0.6) is 0 Å². The van der Waals surface area contributed by atoms with E-state index in [4.69, 9.17) is 5.11 Å². The number of aliphatic hydroxyl groups excluding tert-OH is 1. The van der Waals surface area contributed by atoms with Crippen molar-refractivity contribution in [3.05, 3.63) is 40.4 Å². The number of hydrogen-bond acceptors (Lipinski definition) is 1. The molecule has 1 atom stereocenters. The Morgan fingerprint density at radius 3 is 2.85 bits per heavy atom. The van der Waals surface area contributed by atoms with Crippen LogP contribution in [0.3, 0.4) is 0 Å². The van der Waals surface area contributed by atoms with Crippen molar-refractivity contribution in [3.8, 4) is 0 Å². The first-order chi connectivity index (χ1) is 6.20. The summed E-state index contributed by atoms with van der Waals surface area (Å²) in [5.74, 6) is 0.161. The molecular formula is C11H13BrO. The van der Waals surface area contributed by atoms with Crippen molar-refractivity contribution in [1.82, 2.24) is 0 Å². The number of halogens is 1. The van der Waals surface area contributed by atoms with Crippen LogP contribution in [-0.4, -0.2) is 11.7 Å². The third-order valence-corrected chi connectivity index (χ3v) is 3.00. The van der Waals surface area contributed by atoms with Gasteiger partial charge in [0.05, 0.1) is 0 Å². The van der Waals surface area contributed by atoms with Crippen molar-refractivity contribution in [2.24, 2.45) is 0 Å². The Kier molecular flexibility index (Phi) is 3.70. The number of benzene rings is 1. The lowest BCUT2D eigenvalue weighted by atomic mass is 10.00. The highest BCUT2D eigenvalue weighted by molar-refractivity contribution is 9.10. The fraction of sp³-hybridized carbons (Fsp3) is 0.273. The van der Waals surface area contributed by atoms with Crippen LogP contribution in [-0.2, 0) is 0 Å². The zero-order valence-electron chi connectivity index (χ0n) is 7.63. The summed E-state index contributed by atoms with van der Waals surface area (Å²) in [4.78, 5) is 0. The van der Waals surface area contributed by atoms with Crippen LogP contribution in [0.4, 0.5) is 0 Å². The normalized spacial score (nSPS) is 12.5. The Labute approximate surface area is 87.2 Å². The molecule has 0 aliphatic rings. The van der Waals surface area contributed by atoms with Gasteiger partial charge >= 0.3 is 0 Å². The van der Waals surface area contributed by atoms with E-state index in [1.807, 2.05) is 25.1 Å². The Morgan fingerprint density at radius 2 is 2.31 bits per heavy atom. The second kappa shape index (κ2) is 4.58. The van der Waals surface area contributed by atoms with Crippen molar-refractivity contribution in [2.45, 2.75) is 12.8 Å². The molecule has 0 saturated heterocycles. The van der Waals surface area contributed by atoms with Gasteiger partial charge in [-0.15, -0.1) is 0 Å². The molecule has 0 radical (unpaired) electrons. The molecule has 0 amide bonds. The van der Waals surface area contributed by atoms with Crippen LogP contribution in [0.1, 0.15) is 24.0 Å². The Balaban J connectivity index is 3.15. The summed E-state index contributed by atoms with van der Waals surface area (Å²) in [7, 11) is 0. The summed E-state index contributed by atoms with van der Waals surface area (Å²) < 4.78 is 1.03. The van der Waals surface area contributed by atoms with Crippen molar-refractivity contribution >= 4 is 22.0 Å². The lowest BCUT2D eigenvalue weighted by Crippen LogP contribution is -2.00. The van der Waals surface area contributed by atoms with Crippen LogP contribution in [0.15, 0.2) is 29.3 Å². The van der Waals surface area contributed by atoms with Crippen molar-refractivity contribution in [1.29, 1.82) is 0 Å². The lowest BCUT2D eigenvalue weighted by molar-refractivity contribution is 0.273. The SMILES string of the molecule is C=Cc1cccc(C(C)CO)c1Br. The first-order valence-electron chi connectivity index (χ1n) is 4.22. The van der Waals surface area contributed by atoms with E-state index in [-0.39, 0.29) is 12.5 Å². The number of hydrogen-bond donors (Lipinski definition) is 1. The lowest BCUT2D eigenvalue weighted by Gasteiger charge is -2.12. The highest BCUT2D eigenvalue weighted by Crippen LogP contribution is 2.28. The van der Waals surface area contributed by atoms with E-state index in [2.05, 4.69) is 22.5 Å². The van der Waals surface area contributed by atoms with Gasteiger partial charge in [-0.2, -0.15) is 0 Å². The molecule has 1 nitrogen and oxygen atoms in total. The molecule has 0 bridgehead atoms. The van der Waals surface area contributed by atoms with E-state index in [0.29, 0.717) is 0 Å². The van der Waals surface area contributed by atoms with Gasteiger partial charge in [0.2, 0.25) is 0 Å². The first-order valence-corrected chi connectivity index (χ1v) is 5.01. The summed E-state index contributed by atoms with van der Waals surface area (Å²) in [5, 5.41) is 9.03. The van der Waals surface area contributed by atoms with E-state index in [0.717, 1.165) is 15.6 Å². The molecule has 0 fully saturated rings. The predicted molar refractivity (Wildman–Crippen MR) is 59.7 cm³/mol. The first kappa shape index (κ1) is 10.5. The van der Waals surface area contributed by atoms with E-state index in [1.165, 1.54) is 0 Å². The average molecular weight is 241 g/mol. The molecule has 70 valence electrons. The van der Waals surface area contributed by atoms with Gasteiger partial charge in [0.25, 0.3) is 0 Å². The molecule has 2 heteroatoms. The third kappa shape index (κ3) is 2.20. The van der Waals surface area contributed by atoms with Gasteiger partial charge in [0.15, 0.2) is 0 Å². The van der Waals surface area contributed by atoms with Gasteiger partial charge in [0.1, 0.15) is 0 Å². The van der Waals surface area contributed by atoms with Gasteiger partial charge < -0.3 is 5.11 Å². The quantitative estimate of drug-likeness (QED) is 0.861. The van der Waals surface area contributed by atoms with Gasteiger partial charge in [-0.1, -0.05) is 37.8 Å². The molecular weight excluding hydrogens is 228 g/mol. The zero-order chi connectivity index (χ0) is 9.84. The smallest absolute Gasteiger partial charge is 0.0497 e. The molecule has 1 unspecified atom stereocenters. The zero-order valence-corrected chi connectivity index (χ0v) is 9.21. The molecule has 1 rings (SSSR count). The number of aliphatic hydroxyl groups is 1. The Bertz CT molecular complexity index is 307. The van der Waals surface area contributed by atoms with Crippen LogP contribution in [0.25, 0.3) is 6.08 Å². The minimum absolute atomic E-state index is 0.161. The minimum Gasteiger partial charge on any atom is -0.396 e. The van der Waals surface area contributed by atoms with Crippen LogP contribution < -0.4 is 0 Å². The monoisotopic (exact) mass is 240 g/mol. The second-order valence-electron chi connectivity index (χ2n) is 3.04. The third-order valence-electron chi connectivity index (χ3n) is 2.08. The van der Waals surface area contributed by atoms with E-state index < -0.39 is 0 Å². The minimum atomic E-state index is 0.161. The second-order valence-corrected chi connectivity index (χ2v) is 3.83. The maximum Gasteiger partial charge on any atom is 0.0497 e. The largest absolute Gasteiger partial charge is 0.396 e. The molecule has 0 spiro atoms.